The van der Waals surface area contributed by atoms with Crippen molar-refractivity contribution in [3.8, 4) is 0 Å². The van der Waals surface area contributed by atoms with E-state index in [1.165, 1.54) is 16.7 Å². The molecule has 0 spiro atoms. The summed E-state index contributed by atoms with van der Waals surface area (Å²) in [6.07, 6.45) is 2.02. The van der Waals surface area contributed by atoms with Crippen LogP contribution >= 0.6 is 0 Å². The molecule has 0 atom stereocenters. The van der Waals surface area contributed by atoms with E-state index in [0.29, 0.717) is 0 Å². The zero-order valence-electron chi connectivity index (χ0n) is 18.6. The Morgan fingerprint density at radius 1 is 0.719 bits per heavy atom. The second kappa shape index (κ2) is 10.3. The zero-order valence-corrected chi connectivity index (χ0v) is 19.6. The van der Waals surface area contributed by atoms with Crippen LogP contribution in [0.4, 0.5) is 0 Å². The average Bonchev–Trinajstić information content (AvgIpc) is 3.25. The van der Waals surface area contributed by atoms with Crippen molar-refractivity contribution in [1.82, 2.24) is 10.0 Å². The molecule has 1 heterocycles. The highest BCUT2D eigenvalue weighted by molar-refractivity contribution is 6.72. The molecule has 4 aromatic rings. The lowest BCUT2D eigenvalue weighted by molar-refractivity contribution is 0.230. The monoisotopic (exact) mass is 438 g/mol. The summed E-state index contributed by atoms with van der Waals surface area (Å²) in [6, 6.07) is 38.8. The highest BCUT2D eigenvalue weighted by Crippen LogP contribution is 2.24. The average molecular weight is 439 g/mol. The highest BCUT2D eigenvalue weighted by Gasteiger charge is 2.37. The van der Waals surface area contributed by atoms with Crippen LogP contribution in [0, 0.1) is 0 Å². The Balaban J connectivity index is 1.68. The predicted molar refractivity (Wildman–Crippen MR) is 135 cm³/mol. The van der Waals surface area contributed by atoms with E-state index >= 15 is 0 Å². The molecule has 0 amide bonds. The summed E-state index contributed by atoms with van der Waals surface area (Å²) >= 11 is 0. The van der Waals surface area contributed by atoms with E-state index in [1.54, 1.807) is 0 Å². The first-order valence-electron chi connectivity index (χ1n) is 11.0. The number of aryl methyl sites for hydroxylation is 1. The van der Waals surface area contributed by atoms with Crippen molar-refractivity contribution in [3.63, 3.8) is 0 Å². The lowest BCUT2D eigenvalue weighted by Crippen LogP contribution is -2.50. The maximum Gasteiger partial charge on any atom is 0.242 e. The maximum atomic E-state index is 6.76. The Labute approximate surface area is 192 Å². The topological polar surface area (TPSA) is 26.2 Å². The molecule has 1 aromatic heterocycles. The summed E-state index contributed by atoms with van der Waals surface area (Å²) in [5.74, 6) is 0. The van der Waals surface area contributed by atoms with E-state index in [4.69, 9.17) is 4.53 Å². The van der Waals surface area contributed by atoms with E-state index in [1.807, 2.05) is 29.9 Å². The van der Waals surface area contributed by atoms with Crippen LogP contribution in [0.25, 0.3) is 5.70 Å². The van der Waals surface area contributed by atoms with Crippen LogP contribution in [0.1, 0.15) is 22.4 Å². The molecular formula is C28H30N2OSi. The van der Waals surface area contributed by atoms with Crippen molar-refractivity contribution in [2.45, 2.75) is 18.1 Å². The zero-order chi connectivity index (χ0) is 22.2. The Bertz CT molecular complexity index is 1020. The fraction of sp³-hybridized carbons (Fsp3) is 0.143. The second-order valence-electron chi connectivity index (χ2n) is 8.36. The van der Waals surface area contributed by atoms with Gasteiger partial charge in [-0.3, -0.25) is 5.48 Å². The van der Waals surface area contributed by atoms with E-state index in [9.17, 15) is 0 Å². The summed E-state index contributed by atoms with van der Waals surface area (Å²) in [7, 11) is -0.373. The van der Waals surface area contributed by atoms with Crippen molar-refractivity contribution in [2.24, 2.45) is 7.05 Å². The molecule has 32 heavy (non-hydrogen) atoms. The van der Waals surface area contributed by atoms with Gasteiger partial charge in [-0.2, -0.15) is 0 Å². The first kappa shape index (κ1) is 21.9. The summed E-state index contributed by atoms with van der Waals surface area (Å²) in [4.78, 5) is 0. The fourth-order valence-electron chi connectivity index (χ4n) is 4.20. The van der Waals surface area contributed by atoms with Gasteiger partial charge in [0.15, 0.2) is 0 Å². The van der Waals surface area contributed by atoms with Crippen LogP contribution in [0.5, 0.6) is 0 Å². The molecule has 0 radical (unpaired) electrons. The van der Waals surface area contributed by atoms with Gasteiger partial charge in [-0.15, -0.1) is 0 Å². The molecular weight excluding hydrogens is 408 g/mol. The first-order valence-corrected chi connectivity index (χ1v) is 13.5. The number of hydrogen-bond donors (Lipinski definition) is 1. The molecule has 162 valence electrons. The first-order chi connectivity index (χ1) is 15.6. The molecule has 0 aliphatic rings. The smallest absolute Gasteiger partial charge is 0.242 e. The van der Waals surface area contributed by atoms with Crippen LogP contribution in [0.3, 0.4) is 0 Å². The minimum atomic E-state index is -2.39. The highest BCUT2D eigenvalue weighted by atomic mass is 28.4. The Kier molecular flexibility index (Phi) is 7.05. The third-order valence-corrected chi connectivity index (χ3v) is 9.44. The van der Waals surface area contributed by atoms with Gasteiger partial charge in [0.25, 0.3) is 0 Å². The van der Waals surface area contributed by atoms with Gasteiger partial charge in [-0.1, -0.05) is 97.6 Å². The van der Waals surface area contributed by atoms with Gasteiger partial charge in [-0.25, -0.2) is 0 Å². The van der Waals surface area contributed by atoms with Crippen LogP contribution in [-0.4, -0.2) is 12.9 Å². The molecule has 4 heteroatoms. The molecule has 1 N–H and O–H groups in total. The second-order valence-corrected chi connectivity index (χ2v) is 12.0. The number of aromatic nitrogens is 1. The minimum Gasteiger partial charge on any atom is -0.349 e. The summed E-state index contributed by atoms with van der Waals surface area (Å²) in [6.45, 7) is 4.25. The largest absolute Gasteiger partial charge is 0.349 e. The van der Waals surface area contributed by atoms with Gasteiger partial charge < -0.3 is 9.09 Å². The van der Waals surface area contributed by atoms with E-state index in [0.717, 1.165) is 29.5 Å². The quantitative estimate of drug-likeness (QED) is 0.250. The molecule has 0 saturated carbocycles. The fourth-order valence-corrected chi connectivity index (χ4v) is 8.07. The molecule has 0 aliphatic heterocycles. The summed E-state index contributed by atoms with van der Waals surface area (Å²) in [5, 5.41) is 0. The van der Waals surface area contributed by atoms with Gasteiger partial charge in [0.05, 0.1) is 11.4 Å². The molecule has 0 bridgehead atoms. The number of benzene rings is 3. The molecule has 0 aliphatic carbocycles. The lowest BCUT2D eigenvalue weighted by atomic mass is 10.2. The van der Waals surface area contributed by atoms with E-state index < -0.39 is 8.32 Å². The number of hydrogen-bond acceptors (Lipinski definition) is 2. The van der Waals surface area contributed by atoms with Crippen molar-refractivity contribution in [1.29, 1.82) is 0 Å². The number of hydroxylamine groups is 1. The van der Waals surface area contributed by atoms with Crippen molar-refractivity contribution >= 4 is 14.0 Å². The van der Waals surface area contributed by atoms with Crippen molar-refractivity contribution in [3.05, 3.63) is 138 Å². The van der Waals surface area contributed by atoms with Gasteiger partial charge >= 0.3 is 0 Å². The lowest BCUT2D eigenvalue weighted by Gasteiger charge is -2.32. The minimum absolute atomic E-state index is 0.781. The predicted octanol–water partition coefficient (Wildman–Crippen LogP) is 5.81. The third-order valence-electron chi connectivity index (χ3n) is 5.75. The Hall–Kier alpha value is -3.34. The third kappa shape index (κ3) is 5.66. The molecule has 3 nitrogen and oxygen atoms in total. The summed E-state index contributed by atoms with van der Waals surface area (Å²) in [5.41, 5.74) is 8.98. The summed E-state index contributed by atoms with van der Waals surface area (Å²) < 4.78 is 8.81. The van der Waals surface area contributed by atoms with Crippen molar-refractivity contribution < 1.29 is 4.53 Å². The molecule has 4 rings (SSSR count). The van der Waals surface area contributed by atoms with Gasteiger partial charge in [0.2, 0.25) is 8.32 Å². The van der Waals surface area contributed by atoms with Crippen LogP contribution in [0.15, 0.2) is 116 Å². The number of nitrogens with one attached hydrogen (secondary N) is 1. The van der Waals surface area contributed by atoms with Gasteiger partial charge in [-0.05, 0) is 47.0 Å². The molecule has 3 aromatic carbocycles. The Morgan fingerprint density at radius 3 is 1.53 bits per heavy atom. The Morgan fingerprint density at radius 2 is 1.16 bits per heavy atom. The number of rotatable bonds is 10. The van der Waals surface area contributed by atoms with Gasteiger partial charge in [0, 0.05) is 13.2 Å². The SMILES string of the molecule is C=C(NO[Si](Cc1ccccc1)(Cc1ccccc1)Cc1ccccc1)c1cccn1C. The van der Waals surface area contributed by atoms with Crippen LogP contribution < -0.4 is 5.48 Å². The van der Waals surface area contributed by atoms with Crippen molar-refractivity contribution in [2.75, 3.05) is 0 Å². The molecule has 0 unspecified atom stereocenters. The standard InChI is InChI=1S/C28H30N2OSi/c1-24(28-19-12-20-30(28)2)29-31-32(21-25-13-6-3-7-14-25,22-26-15-8-4-9-16-26)23-27-17-10-5-11-18-27/h3-20,29H,1,21-23H2,2H3. The number of nitrogens with zero attached hydrogens (tertiary/aromatic N) is 1. The molecule has 0 fully saturated rings. The van der Waals surface area contributed by atoms with E-state index in [2.05, 4.69) is 103 Å². The normalized spacial score (nSPS) is 11.3. The maximum absolute atomic E-state index is 6.76. The van der Waals surface area contributed by atoms with Crippen LogP contribution in [-0.2, 0) is 29.7 Å². The van der Waals surface area contributed by atoms with E-state index in [-0.39, 0.29) is 0 Å². The molecule has 0 saturated heterocycles. The van der Waals surface area contributed by atoms with Gasteiger partial charge in [0.1, 0.15) is 0 Å². The van der Waals surface area contributed by atoms with Crippen LogP contribution in [0.2, 0.25) is 0 Å².